The molecule has 0 amide bonds. The molecule has 86 valence electrons. The highest BCUT2D eigenvalue weighted by molar-refractivity contribution is 8.01. The van der Waals surface area contributed by atoms with Gasteiger partial charge < -0.3 is 5.32 Å². The Hall–Kier alpha value is -0.430. The van der Waals surface area contributed by atoms with Crippen LogP contribution in [0.1, 0.15) is 10.4 Å². The molecular formula is C10H13N3S3. The average Bonchev–Trinajstić information content (AvgIpc) is 2.90. The van der Waals surface area contributed by atoms with E-state index in [9.17, 15) is 0 Å². The summed E-state index contributed by atoms with van der Waals surface area (Å²) >= 11 is 5.17. The minimum absolute atomic E-state index is 0.972. The normalized spacial score (nSPS) is 10.8. The molecule has 0 saturated heterocycles. The summed E-state index contributed by atoms with van der Waals surface area (Å²) in [6, 6.07) is 2.16. The molecule has 0 saturated carbocycles. The number of rotatable bonds is 6. The second-order valence-electron chi connectivity index (χ2n) is 3.26. The van der Waals surface area contributed by atoms with Gasteiger partial charge in [-0.25, -0.2) is 0 Å². The van der Waals surface area contributed by atoms with Crippen LogP contribution in [0, 0.1) is 6.92 Å². The lowest BCUT2D eigenvalue weighted by Gasteiger charge is -2.02. The monoisotopic (exact) mass is 271 g/mol. The number of nitrogens with one attached hydrogen (secondary N) is 1. The molecule has 0 bridgehead atoms. The van der Waals surface area contributed by atoms with Crippen LogP contribution >= 0.6 is 34.4 Å². The maximum atomic E-state index is 3.98. The quantitative estimate of drug-likeness (QED) is 0.647. The van der Waals surface area contributed by atoms with Gasteiger partial charge in [0.1, 0.15) is 5.51 Å². The number of hydrogen-bond acceptors (Lipinski definition) is 6. The maximum absolute atomic E-state index is 3.98. The molecule has 0 aliphatic rings. The molecule has 0 spiro atoms. The fourth-order valence-corrected chi connectivity index (χ4v) is 3.56. The zero-order valence-electron chi connectivity index (χ0n) is 8.97. The van der Waals surface area contributed by atoms with Crippen molar-refractivity contribution < 1.29 is 0 Å². The molecule has 6 heteroatoms. The molecule has 1 N–H and O–H groups in total. The summed E-state index contributed by atoms with van der Waals surface area (Å²) in [4.78, 5) is 1.43. The second-order valence-corrected chi connectivity index (χ2v) is 6.43. The molecule has 2 aromatic heterocycles. The van der Waals surface area contributed by atoms with Crippen molar-refractivity contribution in [1.29, 1.82) is 0 Å². The lowest BCUT2D eigenvalue weighted by molar-refractivity contribution is 0.738. The third-order valence-electron chi connectivity index (χ3n) is 2.10. The Morgan fingerprint density at radius 3 is 3.06 bits per heavy atom. The lowest BCUT2D eigenvalue weighted by Crippen LogP contribution is -2.16. The molecule has 2 heterocycles. The summed E-state index contributed by atoms with van der Waals surface area (Å²) in [7, 11) is 0. The van der Waals surface area contributed by atoms with E-state index in [0.29, 0.717) is 0 Å². The largest absolute Gasteiger partial charge is 0.311 e. The van der Waals surface area contributed by atoms with Crippen molar-refractivity contribution in [2.45, 2.75) is 17.8 Å². The van der Waals surface area contributed by atoms with Gasteiger partial charge in [0.25, 0.3) is 0 Å². The van der Waals surface area contributed by atoms with Crippen LogP contribution in [0.25, 0.3) is 0 Å². The second kappa shape index (κ2) is 6.34. The van der Waals surface area contributed by atoms with Crippen molar-refractivity contribution >= 4 is 34.4 Å². The van der Waals surface area contributed by atoms with Crippen molar-refractivity contribution in [2.75, 3.05) is 12.3 Å². The van der Waals surface area contributed by atoms with Gasteiger partial charge in [-0.15, -0.1) is 21.5 Å². The van der Waals surface area contributed by atoms with Gasteiger partial charge in [-0.1, -0.05) is 23.1 Å². The maximum Gasteiger partial charge on any atom is 0.174 e. The molecule has 0 radical (unpaired) electrons. The fraction of sp³-hybridized carbons (Fsp3) is 0.400. The molecule has 0 fully saturated rings. The van der Waals surface area contributed by atoms with E-state index in [-0.39, 0.29) is 0 Å². The standard InChI is InChI=1S/C10H13N3S3/c1-8-2-4-14-9(8)6-11-3-5-15-10-13-12-7-16-10/h2,4,7,11H,3,5-6H2,1H3. The highest BCUT2D eigenvalue weighted by Crippen LogP contribution is 2.18. The number of thioether (sulfide) groups is 1. The third-order valence-corrected chi connectivity index (χ3v) is 4.98. The molecule has 0 aliphatic heterocycles. The highest BCUT2D eigenvalue weighted by Gasteiger charge is 1.99. The molecule has 16 heavy (non-hydrogen) atoms. The molecule has 2 rings (SSSR count). The van der Waals surface area contributed by atoms with Crippen molar-refractivity contribution in [3.05, 3.63) is 27.4 Å². The van der Waals surface area contributed by atoms with Crippen LogP contribution < -0.4 is 5.32 Å². The highest BCUT2D eigenvalue weighted by atomic mass is 32.2. The molecule has 3 nitrogen and oxygen atoms in total. The van der Waals surface area contributed by atoms with Crippen LogP contribution in [0.3, 0.4) is 0 Å². The summed E-state index contributed by atoms with van der Waals surface area (Å²) in [5, 5.41) is 13.4. The number of hydrogen-bond donors (Lipinski definition) is 1. The predicted octanol–water partition coefficient (Wildman–Crippen LogP) is 2.79. The average molecular weight is 271 g/mol. The number of nitrogens with zero attached hydrogens (tertiary/aromatic N) is 2. The lowest BCUT2D eigenvalue weighted by atomic mass is 10.3. The zero-order valence-corrected chi connectivity index (χ0v) is 11.4. The van der Waals surface area contributed by atoms with Gasteiger partial charge in [0, 0.05) is 23.7 Å². The first-order valence-corrected chi connectivity index (χ1v) is 7.73. The van der Waals surface area contributed by atoms with Gasteiger partial charge in [-0.3, -0.25) is 0 Å². The van der Waals surface area contributed by atoms with E-state index in [1.807, 2.05) is 11.3 Å². The Kier molecular flexibility index (Phi) is 4.77. The topological polar surface area (TPSA) is 37.8 Å². The Balaban J connectivity index is 1.61. The molecule has 0 atom stereocenters. The van der Waals surface area contributed by atoms with E-state index in [1.165, 1.54) is 10.4 Å². The van der Waals surface area contributed by atoms with Gasteiger partial charge in [-0.05, 0) is 23.9 Å². The first-order chi connectivity index (χ1) is 7.86. The van der Waals surface area contributed by atoms with Gasteiger partial charge in [0.15, 0.2) is 4.34 Å². The SMILES string of the molecule is Cc1ccsc1CNCCSc1nncs1. The predicted molar refractivity (Wildman–Crippen MR) is 71.4 cm³/mol. The molecular weight excluding hydrogens is 258 g/mol. The number of thiophene rings is 1. The van der Waals surface area contributed by atoms with E-state index in [0.717, 1.165) is 23.2 Å². The number of aryl methyl sites for hydroxylation is 1. The molecule has 0 aromatic carbocycles. The van der Waals surface area contributed by atoms with E-state index >= 15 is 0 Å². The van der Waals surface area contributed by atoms with Gasteiger partial charge >= 0.3 is 0 Å². The van der Waals surface area contributed by atoms with Gasteiger partial charge in [0.05, 0.1) is 0 Å². The van der Waals surface area contributed by atoms with E-state index < -0.39 is 0 Å². The van der Waals surface area contributed by atoms with E-state index in [4.69, 9.17) is 0 Å². The first-order valence-electron chi connectivity index (χ1n) is 4.99. The third kappa shape index (κ3) is 3.55. The van der Waals surface area contributed by atoms with Crippen LogP contribution in [0.15, 0.2) is 21.3 Å². The summed E-state index contributed by atoms with van der Waals surface area (Å²) in [6.07, 6.45) is 0. The molecule has 0 aliphatic carbocycles. The van der Waals surface area contributed by atoms with Crippen LogP contribution in [-0.2, 0) is 6.54 Å². The van der Waals surface area contributed by atoms with Gasteiger partial charge in [-0.2, -0.15) is 0 Å². The van der Waals surface area contributed by atoms with E-state index in [2.05, 4.69) is 33.9 Å². The van der Waals surface area contributed by atoms with Gasteiger partial charge in [0.2, 0.25) is 0 Å². The fourth-order valence-electron chi connectivity index (χ4n) is 1.22. The molecule has 0 unspecified atom stereocenters. The summed E-state index contributed by atoms with van der Waals surface area (Å²) < 4.78 is 1.05. The summed E-state index contributed by atoms with van der Waals surface area (Å²) in [6.45, 7) is 4.13. The Bertz CT molecular complexity index is 411. The van der Waals surface area contributed by atoms with Crippen molar-refractivity contribution in [2.24, 2.45) is 0 Å². The zero-order chi connectivity index (χ0) is 11.2. The minimum atomic E-state index is 0.972. The smallest absolute Gasteiger partial charge is 0.174 e. The van der Waals surface area contributed by atoms with Crippen molar-refractivity contribution in [3.63, 3.8) is 0 Å². The minimum Gasteiger partial charge on any atom is -0.311 e. The van der Waals surface area contributed by atoms with Crippen LogP contribution in [0.2, 0.25) is 0 Å². The van der Waals surface area contributed by atoms with Crippen molar-refractivity contribution in [1.82, 2.24) is 15.5 Å². The van der Waals surface area contributed by atoms with E-state index in [1.54, 1.807) is 28.6 Å². The molecule has 2 aromatic rings. The van der Waals surface area contributed by atoms with Crippen LogP contribution in [0.5, 0.6) is 0 Å². The van der Waals surface area contributed by atoms with Crippen LogP contribution in [0.4, 0.5) is 0 Å². The Labute approximate surface area is 107 Å². The first kappa shape index (κ1) is 12.0. The summed E-state index contributed by atoms with van der Waals surface area (Å²) in [5.74, 6) is 1.04. The van der Waals surface area contributed by atoms with Crippen LogP contribution in [-0.4, -0.2) is 22.5 Å². The Morgan fingerprint density at radius 1 is 1.44 bits per heavy atom. The summed E-state index contributed by atoms with van der Waals surface area (Å²) in [5.41, 5.74) is 3.15. The number of aromatic nitrogens is 2. The van der Waals surface area contributed by atoms with Crippen molar-refractivity contribution in [3.8, 4) is 0 Å². The Morgan fingerprint density at radius 2 is 2.38 bits per heavy atom.